The maximum absolute atomic E-state index is 10.7. The molecule has 0 aromatic carbocycles. The van der Waals surface area contributed by atoms with Crippen LogP contribution in [0.4, 0.5) is 0 Å². The molecule has 1 N–H and O–H groups in total. The van der Waals surface area contributed by atoms with Gasteiger partial charge in [0.1, 0.15) is 0 Å². The molecule has 0 radical (unpaired) electrons. The summed E-state index contributed by atoms with van der Waals surface area (Å²) in [4.78, 5) is 2.41. The minimum absolute atomic E-state index is 0.237. The van der Waals surface area contributed by atoms with Crippen LogP contribution in [0.5, 0.6) is 0 Å². The second kappa shape index (κ2) is 11.0. The predicted octanol–water partition coefficient (Wildman–Crippen LogP) is 2.29. The van der Waals surface area contributed by atoms with Gasteiger partial charge in [0.15, 0.2) is 0 Å². The van der Waals surface area contributed by atoms with E-state index in [0.717, 1.165) is 58.0 Å². The van der Waals surface area contributed by atoms with Gasteiger partial charge < -0.3 is 23.1 Å². The van der Waals surface area contributed by atoms with Crippen LogP contribution in [-0.2, 0) is 18.0 Å². The Bertz CT molecular complexity index is 350. The lowest BCUT2D eigenvalue weighted by Gasteiger charge is -2.42. The molecule has 1 heterocycles. The van der Waals surface area contributed by atoms with Crippen molar-refractivity contribution < 1.29 is 23.1 Å². The van der Waals surface area contributed by atoms with Gasteiger partial charge >= 0.3 is 8.80 Å². The van der Waals surface area contributed by atoms with Crippen molar-refractivity contribution in [2.24, 2.45) is 5.92 Å². The lowest BCUT2D eigenvalue weighted by Crippen LogP contribution is -2.51. The molecule has 3 atom stereocenters. The minimum atomic E-state index is -2.56. The molecule has 1 saturated carbocycles. The van der Waals surface area contributed by atoms with E-state index < -0.39 is 8.80 Å². The third-order valence-corrected chi connectivity index (χ3v) is 8.44. The molecule has 7 heteroatoms. The molecule has 25 heavy (non-hydrogen) atoms. The minimum Gasteiger partial charge on any atom is -0.391 e. The van der Waals surface area contributed by atoms with Crippen LogP contribution in [0.15, 0.2) is 0 Å². The average Bonchev–Trinajstić information content (AvgIpc) is 2.61. The van der Waals surface area contributed by atoms with E-state index in [0.29, 0.717) is 31.8 Å². The summed E-state index contributed by atoms with van der Waals surface area (Å²) >= 11 is 0. The summed E-state index contributed by atoms with van der Waals surface area (Å²) in [6, 6.07) is 1.15. The first-order chi connectivity index (χ1) is 12.1. The lowest BCUT2D eigenvalue weighted by molar-refractivity contribution is -0.0454. The van der Waals surface area contributed by atoms with Crippen molar-refractivity contribution in [3.05, 3.63) is 0 Å². The summed E-state index contributed by atoms with van der Waals surface area (Å²) in [7, 11) is -2.56. The maximum Gasteiger partial charge on any atom is 0.500 e. The van der Waals surface area contributed by atoms with Gasteiger partial charge in [-0.25, -0.2) is 0 Å². The highest BCUT2D eigenvalue weighted by atomic mass is 28.4. The van der Waals surface area contributed by atoms with Crippen molar-refractivity contribution in [2.75, 3.05) is 46.1 Å². The fourth-order valence-electron chi connectivity index (χ4n) is 4.19. The van der Waals surface area contributed by atoms with Gasteiger partial charge in [-0.1, -0.05) is 0 Å². The number of morpholine rings is 1. The molecule has 148 valence electrons. The number of ether oxygens (including phenoxy) is 1. The second-order valence-electron chi connectivity index (χ2n) is 6.98. The highest BCUT2D eigenvalue weighted by Crippen LogP contribution is 2.33. The van der Waals surface area contributed by atoms with Crippen LogP contribution in [0.3, 0.4) is 0 Å². The van der Waals surface area contributed by atoms with Gasteiger partial charge in [0.05, 0.1) is 19.3 Å². The zero-order valence-electron chi connectivity index (χ0n) is 16.2. The van der Waals surface area contributed by atoms with E-state index in [1.54, 1.807) is 0 Å². The number of rotatable bonds is 10. The molecule has 2 rings (SSSR count). The Morgan fingerprint density at radius 1 is 1.00 bits per heavy atom. The number of hydrogen-bond acceptors (Lipinski definition) is 6. The molecule has 1 aliphatic carbocycles. The van der Waals surface area contributed by atoms with Crippen molar-refractivity contribution in [3.63, 3.8) is 0 Å². The van der Waals surface area contributed by atoms with Gasteiger partial charge in [0, 0.05) is 45.0 Å². The van der Waals surface area contributed by atoms with Crippen molar-refractivity contribution in [2.45, 2.75) is 64.6 Å². The van der Waals surface area contributed by atoms with E-state index in [9.17, 15) is 5.11 Å². The van der Waals surface area contributed by atoms with Crippen molar-refractivity contribution in [1.29, 1.82) is 0 Å². The Morgan fingerprint density at radius 3 is 2.12 bits per heavy atom. The van der Waals surface area contributed by atoms with Gasteiger partial charge in [-0.05, 0) is 52.4 Å². The highest BCUT2D eigenvalue weighted by molar-refractivity contribution is 6.60. The Hall–Kier alpha value is -0.0231. The highest BCUT2D eigenvalue weighted by Gasteiger charge is 2.42. The molecule has 6 nitrogen and oxygen atoms in total. The predicted molar refractivity (Wildman–Crippen MR) is 99.6 cm³/mol. The molecule has 2 aliphatic rings. The van der Waals surface area contributed by atoms with Crippen LogP contribution in [0, 0.1) is 5.92 Å². The Morgan fingerprint density at radius 2 is 1.60 bits per heavy atom. The van der Waals surface area contributed by atoms with Gasteiger partial charge in [-0.3, -0.25) is 4.90 Å². The Kier molecular flexibility index (Phi) is 9.33. The molecule has 3 unspecified atom stereocenters. The first kappa shape index (κ1) is 21.3. The SMILES string of the molecule is CCO[Si](CCC1CCC(N2CCOCC2)C(O)C1)(OCC)OCC. The number of aliphatic hydroxyl groups is 1. The molecule has 0 aromatic rings. The van der Waals surface area contributed by atoms with Crippen LogP contribution < -0.4 is 0 Å². The standard InChI is InChI=1S/C18H37NO5Si/c1-4-22-25(23-5-2,24-6-3)14-9-16-7-8-17(18(20)15-16)19-10-12-21-13-11-19/h16-18,20H,4-15H2,1-3H3. The number of aliphatic hydroxyl groups excluding tert-OH is 1. The Balaban J connectivity index is 1.84. The molecule has 0 bridgehead atoms. The summed E-state index contributed by atoms with van der Waals surface area (Å²) in [5.74, 6) is 0.528. The maximum atomic E-state index is 10.7. The van der Waals surface area contributed by atoms with E-state index in [-0.39, 0.29) is 6.10 Å². The zero-order valence-corrected chi connectivity index (χ0v) is 17.2. The van der Waals surface area contributed by atoms with E-state index in [2.05, 4.69) is 4.90 Å². The molecule has 1 saturated heterocycles. The average molecular weight is 376 g/mol. The first-order valence-corrected chi connectivity index (χ1v) is 12.0. The largest absolute Gasteiger partial charge is 0.500 e. The summed E-state index contributed by atoms with van der Waals surface area (Å²) in [6.07, 6.45) is 3.88. The van der Waals surface area contributed by atoms with Gasteiger partial charge in [0.2, 0.25) is 0 Å². The third-order valence-electron chi connectivity index (χ3n) is 5.36. The van der Waals surface area contributed by atoms with Crippen molar-refractivity contribution in [1.82, 2.24) is 4.90 Å². The van der Waals surface area contributed by atoms with Crippen LogP contribution in [-0.4, -0.2) is 77.1 Å². The van der Waals surface area contributed by atoms with Crippen LogP contribution in [0.1, 0.15) is 46.5 Å². The zero-order chi connectivity index (χ0) is 18.1. The summed E-state index contributed by atoms with van der Waals surface area (Å²) in [5.41, 5.74) is 0. The van der Waals surface area contributed by atoms with E-state index in [4.69, 9.17) is 18.0 Å². The van der Waals surface area contributed by atoms with Crippen LogP contribution in [0.2, 0.25) is 6.04 Å². The normalized spacial score (nSPS) is 29.0. The monoisotopic (exact) mass is 375 g/mol. The quantitative estimate of drug-likeness (QED) is 0.591. The second-order valence-corrected chi connectivity index (χ2v) is 9.71. The molecular formula is C18H37NO5Si. The van der Waals surface area contributed by atoms with E-state index in [1.807, 2.05) is 20.8 Å². The summed E-state index contributed by atoms with van der Waals surface area (Å²) in [5, 5.41) is 10.7. The molecular weight excluding hydrogens is 338 g/mol. The molecule has 2 fully saturated rings. The van der Waals surface area contributed by atoms with Gasteiger partial charge in [0.25, 0.3) is 0 Å². The fourth-order valence-corrected chi connectivity index (χ4v) is 6.96. The summed E-state index contributed by atoms with van der Waals surface area (Å²) < 4.78 is 23.3. The molecule has 0 amide bonds. The number of hydrogen-bond donors (Lipinski definition) is 1. The van der Waals surface area contributed by atoms with Crippen molar-refractivity contribution in [3.8, 4) is 0 Å². The molecule has 0 aromatic heterocycles. The third kappa shape index (κ3) is 6.27. The van der Waals surface area contributed by atoms with Gasteiger partial charge in [-0.15, -0.1) is 0 Å². The topological polar surface area (TPSA) is 60.4 Å². The van der Waals surface area contributed by atoms with Crippen LogP contribution in [0.25, 0.3) is 0 Å². The fraction of sp³-hybridized carbons (Fsp3) is 1.00. The van der Waals surface area contributed by atoms with E-state index in [1.165, 1.54) is 0 Å². The van der Waals surface area contributed by atoms with Gasteiger partial charge in [-0.2, -0.15) is 0 Å². The lowest BCUT2D eigenvalue weighted by atomic mass is 9.81. The Labute approximate surface area is 154 Å². The van der Waals surface area contributed by atoms with Crippen LogP contribution >= 0.6 is 0 Å². The molecule has 0 spiro atoms. The van der Waals surface area contributed by atoms with Crippen molar-refractivity contribution >= 4 is 8.80 Å². The molecule has 1 aliphatic heterocycles. The van der Waals surface area contributed by atoms with E-state index >= 15 is 0 Å². The smallest absolute Gasteiger partial charge is 0.391 e. The summed E-state index contributed by atoms with van der Waals surface area (Å²) in [6.45, 7) is 11.3. The first-order valence-electron chi connectivity index (χ1n) is 10.1. The number of nitrogens with zero attached hydrogens (tertiary/aromatic N) is 1.